The summed E-state index contributed by atoms with van der Waals surface area (Å²) in [6, 6.07) is 0. The van der Waals surface area contributed by atoms with Crippen LogP contribution in [0.25, 0.3) is 0 Å². The highest BCUT2D eigenvalue weighted by atomic mass is 16.3. The van der Waals surface area contributed by atoms with E-state index in [4.69, 9.17) is 0 Å². The van der Waals surface area contributed by atoms with Gasteiger partial charge in [-0.15, -0.1) is 0 Å². The highest BCUT2D eigenvalue weighted by molar-refractivity contribution is 5.09. The van der Waals surface area contributed by atoms with Gasteiger partial charge in [0.25, 0.3) is 0 Å². The molecule has 0 aromatic rings. The van der Waals surface area contributed by atoms with Crippen molar-refractivity contribution in [1.29, 1.82) is 0 Å². The van der Waals surface area contributed by atoms with Crippen LogP contribution in [0.4, 0.5) is 0 Å². The smallest absolute Gasteiger partial charge is 0.0543 e. The first kappa shape index (κ1) is 20.0. The summed E-state index contributed by atoms with van der Waals surface area (Å²) in [5.74, 6) is 7.11. The van der Waals surface area contributed by atoms with E-state index in [1.807, 2.05) is 0 Å². The highest BCUT2D eigenvalue weighted by Gasteiger charge is 2.57. The van der Waals surface area contributed by atoms with Crippen molar-refractivity contribution in [3.05, 3.63) is 12.2 Å². The molecule has 0 aromatic heterocycles. The first-order valence-electron chi connectivity index (χ1n) is 12.3. The molecule has 1 nitrogen and oxygen atoms in total. The Bertz CT molecular complexity index is 538. The van der Waals surface area contributed by atoms with Crippen molar-refractivity contribution < 1.29 is 5.11 Å². The van der Waals surface area contributed by atoms with E-state index < -0.39 is 0 Å². The molecule has 0 bridgehead atoms. The number of fused-ring (bicyclic) bond motifs is 5. The Kier molecular flexibility index (Phi) is 5.81. The van der Waals surface area contributed by atoms with Gasteiger partial charge in [0.1, 0.15) is 0 Å². The van der Waals surface area contributed by atoms with Crippen molar-refractivity contribution >= 4 is 0 Å². The second-order valence-corrected chi connectivity index (χ2v) is 11.3. The fourth-order valence-corrected chi connectivity index (χ4v) is 8.37. The third kappa shape index (κ3) is 3.56. The molecule has 0 aliphatic heterocycles. The van der Waals surface area contributed by atoms with Gasteiger partial charge in [-0.05, 0) is 111 Å². The molecule has 0 radical (unpaired) electrons. The summed E-state index contributed by atoms with van der Waals surface area (Å²) < 4.78 is 0. The Balaban J connectivity index is 1.47. The van der Waals surface area contributed by atoms with Crippen molar-refractivity contribution in [3.8, 4) is 0 Å². The quantitative estimate of drug-likeness (QED) is 0.535. The molecule has 10 unspecified atom stereocenters. The number of aliphatic hydroxyl groups excluding tert-OH is 1. The molecule has 0 spiro atoms. The number of rotatable bonds is 4. The number of allylic oxidation sites excluding steroid dienone is 2. The summed E-state index contributed by atoms with van der Waals surface area (Å²) >= 11 is 0. The van der Waals surface area contributed by atoms with E-state index in [9.17, 15) is 5.11 Å². The van der Waals surface area contributed by atoms with E-state index in [1.54, 1.807) is 0 Å². The molecule has 0 saturated heterocycles. The van der Waals surface area contributed by atoms with Gasteiger partial charge in [-0.1, -0.05) is 46.3 Å². The largest absolute Gasteiger partial charge is 0.393 e. The van der Waals surface area contributed by atoms with Crippen LogP contribution in [0.3, 0.4) is 0 Å². The zero-order valence-corrected chi connectivity index (χ0v) is 18.4. The molecular weight excluding hydrogens is 328 g/mol. The monoisotopic (exact) mass is 372 g/mol. The molecule has 4 fully saturated rings. The van der Waals surface area contributed by atoms with Gasteiger partial charge < -0.3 is 5.11 Å². The molecule has 27 heavy (non-hydrogen) atoms. The van der Waals surface area contributed by atoms with Gasteiger partial charge >= 0.3 is 0 Å². The first-order chi connectivity index (χ1) is 12.9. The molecule has 4 aliphatic rings. The summed E-state index contributed by atoms with van der Waals surface area (Å²) in [7, 11) is 0. The van der Waals surface area contributed by atoms with Crippen molar-refractivity contribution in [2.24, 2.45) is 52.8 Å². The predicted octanol–water partition coefficient (Wildman–Crippen LogP) is 6.85. The minimum Gasteiger partial charge on any atom is -0.393 e. The molecule has 154 valence electrons. The zero-order valence-electron chi connectivity index (χ0n) is 18.4. The van der Waals surface area contributed by atoms with E-state index in [1.165, 1.54) is 51.4 Å². The van der Waals surface area contributed by atoms with Crippen LogP contribution in [0.1, 0.15) is 91.9 Å². The van der Waals surface area contributed by atoms with E-state index in [2.05, 4.69) is 39.8 Å². The lowest BCUT2D eigenvalue weighted by Gasteiger charge is -2.56. The van der Waals surface area contributed by atoms with Crippen molar-refractivity contribution in [3.63, 3.8) is 0 Å². The van der Waals surface area contributed by atoms with Gasteiger partial charge in [0.05, 0.1) is 6.10 Å². The Morgan fingerprint density at radius 1 is 0.926 bits per heavy atom. The fourth-order valence-electron chi connectivity index (χ4n) is 8.37. The van der Waals surface area contributed by atoms with Gasteiger partial charge in [0, 0.05) is 0 Å². The van der Waals surface area contributed by atoms with E-state index in [-0.39, 0.29) is 6.10 Å². The molecule has 4 aliphatic carbocycles. The lowest BCUT2D eigenvalue weighted by molar-refractivity contribution is -0.0800. The zero-order chi connectivity index (χ0) is 19.2. The van der Waals surface area contributed by atoms with Crippen molar-refractivity contribution in [1.82, 2.24) is 0 Å². The molecule has 0 aromatic carbocycles. The summed E-state index contributed by atoms with van der Waals surface area (Å²) in [4.78, 5) is 0. The maximum absolute atomic E-state index is 10.1. The van der Waals surface area contributed by atoms with Crippen LogP contribution in [-0.2, 0) is 0 Å². The summed E-state index contributed by atoms with van der Waals surface area (Å²) in [6.07, 6.45) is 18.6. The van der Waals surface area contributed by atoms with Crippen LogP contribution in [0.2, 0.25) is 0 Å². The third-order valence-electron chi connectivity index (χ3n) is 10.0. The Morgan fingerprint density at radius 2 is 1.70 bits per heavy atom. The van der Waals surface area contributed by atoms with Crippen LogP contribution in [0.5, 0.6) is 0 Å². The molecule has 1 heteroatoms. The SMILES string of the molecule is CCC(C)C=CC(C)C1CCC2C3CCC4CC(O)CCC4C3CCC12C. The summed E-state index contributed by atoms with van der Waals surface area (Å²) in [5, 5.41) is 10.1. The lowest BCUT2D eigenvalue weighted by atomic mass is 9.49. The Hall–Kier alpha value is -0.300. The molecule has 4 rings (SSSR count). The van der Waals surface area contributed by atoms with Crippen molar-refractivity contribution in [2.75, 3.05) is 0 Å². The van der Waals surface area contributed by atoms with Gasteiger partial charge in [-0.2, -0.15) is 0 Å². The van der Waals surface area contributed by atoms with Crippen LogP contribution < -0.4 is 0 Å². The molecule has 0 amide bonds. The third-order valence-corrected chi connectivity index (χ3v) is 10.0. The fraction of sp³-hybridized carbons (Fsp3) is 0.923. The van der Waals surface area contributed by atoms with Crippen LogP contribution >= 0.6 is 0 Å². The number of aliphatic hydroxyl groups is 1. The topological polar surface area (TPSA) is 20.2 Å². The Labute approximate surface area is 168 Å². The maximum atomic E-state index is 10.1. The second kappa shape index (κ2) is 7.85. The molecule has 10 atom stereocenters. The van der Waals surface area contributed by atoms with Gasteiger partial charge in [0.2, 0.25) is 0 Å². The summed E-state index contributed by atoms with van der Waals surface area (Å²) in [5.41, 5.74) is 0.585. The normalized spacial score (nSPS) is 49.3. The lowest BCUT2D eigenvalue weighted by Crippen LogP contribution is -2.49. The number of hydrogen-bond acceptors (Lipinski definition) is 1. The Morgan fingerprint density at radius 3 is 2.48 bits per heavy atom. The average Bonchev–Trinajstić information content (AvgIpc) is 3.02. The molecule has 0 heterocycles. The van der Waals surface area contributed by atoms with Crippen LogP contribution in [0.15, 0.2) is 12.2 Å². The second-order valence-electron chi connectivity index (χ2n) is 11.3. The van der Waals surface area contributed by atoms with Gasteiger partial charge in [-0.25, -0.2) is 0 Å². The number of hydrogen-bond donors (Lipinski definition) is 1. The van der Waals surface area contributed by atoms with E-state index in [0.717, 1.165) is 60.2 Å². The summed E-state index contributed by atoms with van der Waals surface area (Å²) in [6.45, 7) is 9.83. The molecular formula is C26H44O. The van der Waals surface area contributed by atoms with Crippen LogP contribution in [0, 0.1) is 52.8 Å². The molecule has 4 saturated carbocycles. The highest BCUT2D eigenvalue weighted by Crippen LogP contribution is 2.65. The van der Waals surface area contributed by atoms with E-state index >= 15 is 0 Å². The minimum absolute atomic E-state index is 0.00525. The first-order valence-corrected chi connectivity index (χ1v) is 12.3. The molecule has 1 N–H and O–H groups in total. The van der Waals surface area contributed by atoms with Gasteiger partial charge in [-0.3, -0.25) is 0 Å². The van der Waals surface area contributed by atoms with Gasteiger partial charge in [0.15, 0.2) is 0 Å². The van der Waals surface area contributed by atoms with E-state index in [0.29, 0.717) is 5.41 Å². The minimum atomic E-state index is 0.00525. The van der Waals surface area contributed by atoms with Crippen molar-refractivity contribution in [2.45, 2.75) is 98.0 Å². The maximum Gasteiger partial charge on any atom is 0.0543 e. The average molecular weight is 373 g/mol. The predicted molar refractivity (Wildman–Crippen MR) is 114 cm³/mol. The standard InChI is InChI=1S/C26H44O/c1-5-17(2)6-7-18(3)24-12-13-25-23-10-8-19-16-20(27)9-11-21(19)22(23)14-15-26(24,25)4/h6-7,17-25,27H,5,8-16H2,1-4H3. The van der Waals surface area contributed by atoms with Crippen LogP contribution in [-0.4, -0.2) is 11.2 Å².